The molecule has 2 aromatic rings. The highest BCUT2D eigenvalue weighted by Crippen LogP contribution is 2.05. The quantitative estimate of drug-likeness (QED) is 0.817. The molecule has 0 bridgehead atoms. The van der Waals surface area contributed by atoms with Gasteiger partial charge in [0.05, 0.1) is 19.3 Å². The first kappa shape index (κ1) is 11.9. The lowest BCUT2D eigenvalue weighted by Gasteiger charge is -2.06. The van der Waals surface area contributed by atoms with E-state index >= 15 is 0 Å². The van der Waals surface area contributed by atoms with Gasteiger partial charge in [0, 0.05) is 30.7 Å². The van der Waals surface area contributed by atoms with Crippen molar-refractivity contribution in [1.82, 2.24) is 24.6 Å². The Labute approximate surface area is 101 Å². The summed E-state index contributed by atoms with van der Waals surface area (Å²) in [7, 11) is 0. The fourth-order valence-electron chi connectivity index (χ4n) is 1.75. The third kappa shape index (κ3) is 2.94. The van der Waals surface area contributed by atoms with Crippen LogP contribution in [0.25, 0.3) is 0 Å². The van der Waals surface area contributed by atoms with E-state index in [1.165, 1.54) is 5.56 Å². The maximum Gasteiger partial charge on any atom is 0.122 e. The van der Waals surface area contributed by atoms with Crippen LogP contribution in [0.4, 0.5) is 0 Å². The van der Waals surface area contributed by atoms with Gasteiger partial charge in [-0.25, -0.2) is 4.98 Å². The largest absolute Gasteiger partial charge is 0.329 e. The van der Waals surface area contributed by atoms with Crippen LogP contribution in [0.1, 0.15) is 25.2 Å². The Balaban J connectivity index is 2.04. The number of imidazole rings is 1. The molecule has 0 saturated carbocycles. The normalized spacial score (nSPS) is 10.9. The second kappa shape index (κ2) is 5.63. The number of aryl methyl sites for hydroxylation is 1. The standard InChI is InChI=1S/C12H19N5/c1-3-13-8-12-14-5-6-16(12)9-11-7-15-17(4-2)10-11/h5-7,10,13H,3-4,8-9H2,1-2H3. The van der Waals surface area contributed by atoms with Crippen molar-refractivity contribution in [3.63, 3.8) is 0 Å². The number of nitrogens with zero attached hydrogens (tertiary/aromatic N) is 4. The van der Waals surface area contributed by atoms with Crippen LogP contribution < -0.4 is 5.32 Å². The minimum atomic E-state index is 0.811. The topological polar surface area (TPSA) is 47.7 Å². The first-order valence-corrected chi connectivity index (χ1v) is 6.05. The predicted molar refractivity (Wildman–Crippen MR) is 66.6 cm³/mol. The average Bonchev–Trinajstić information content (AvgIpc) is 2.96. The van der Waals surface area contributed by atoms with Crippen LogP contribution in [0, 0.1) is 0 Å². The second-order valence-electron chi connectivity index (χ2n) is 3.96. The molecule has 0 spiro atoms. The van der Waals surface area contributed by atoms with E-state index in [0.717, 1.165) is 32.0 Å². The Hall–Kier alpha value is -1.62. The molecule has 2 rings (SSSR count). The van der Waals surface area contributed by atoms with Gasteiger partial charge in [0.25, 0.3) is 0 Å². The number of hydrogen-bond acceptors (Lipinski definition) is 3. The van der Waals surface area contributed by atoms with Crippen molar-refractivity contribution in [3.8, 4) is 0 Å². The number of nitrogens with one attached hydrogen (secondary N) is 1. The summed E-state index contributed by atoms with van der Waals surface area (Å²) in [5.74, 6) is 1.07. The minimum absolute atomic E-state index is 0.811. The van der Waals surface area contributed by atoms with Gasteiger partial charge in [0.2, 0.25) is 0 Å². The molecule has 0 aromatic carbocycles. The molecule has 0 aliphatic rings. The van der Waals surface area contributed by atoms with E-state index < -0.39 is 0 Å². The SMILES string of the molecule is CCNCc1nccn1Cc1cnn(CC)c1. The Morgan fingerprint density at radius 1 is 1.35 bits per heavy atom. The van der Waals surface area contributed by atoms with E-state index in [9.17, 15) is 0 Å². The second-order valence-corrected chi connectivity index (χ2v) is 3.96. The molecule has 0 aliphatic heterocycles. The summed E-state index contributed by atoms with van der Waals surface area (Å²) in [6.45, 7) is 7.70. The molecule has 0 unspecified atom stereocenters. The molecule has 92 valence electrons. The van der Waals surface area contributed by atoms with Gasteiger partial charge in [-0.1, -0.05) is 6.92 Å². The lowest BCUT2D eigenvalue weighted by Crippen LogP contribution is -2.16. The van der Waals surface area contributed by atoms with E-state index in [4.69, 9.17) is 0 Å². The smallest absolute Gasteiger partial charge is 0.122 e. The van der Waals surface area contributed by atoms with Crippen LogP contribution in [0.3, 0.4) is 0 Å². The summed E-state index contributed by atoms with van der Waals surface area (Å²) in [4.78, 5) is 4.35. The predicted octanol–water partition coefficient (Wildman–Crippen LogP) is 1.26. The fraction of sp³-hybridized carbons (Fsp3) is 0.500. The molecule has 5 heteroatoms. The molecule has 0 radical (unpaired) electrons. The van der Waals surface area contributed by atoms with Gasteiger partial charge in [-0.05, 0) is 13.5 Å². The number of rotatable bonds is 6. The third-order valence-electron chi connectivity index (χ3n) is 2.70. The van der Waals surface area contributed by atoms with Crippen molar-refractivity contribution in [2.75, 3.05) is 6.54 Å². The summed E-state index contributed by atoms with van der Waals surface area (Å²) in [5.41, 5.74) is 1.21. The molecule has 0 fully saturated rings. The molecule has 2 aromatic heterocycles. The Bertz CT molecular complexity index is 457. The highest BCUT2D eigenvalue weighted by molar-refractivity contribution is 5.07. The summed E-state index contributed by atoms with van der Waals surface area (Å²) < 4.78 is 4.09. The highest BCUT2D eigenvalue weighted by Gasteiger charge is 2.04. The first-order chi connectivity index (χ1) is 8.33. The van der Waals surface area contributed by atoms with Gasteiger partial charge >= 0.3 is 0 Å². The molecule has 0 atom stereocenters. The highest BCUT2D eigenvalue weighted by atomic mass is 15.3. The third-order valence-corrected chi connectivity index (χ3v) is 2.70. The van der Waals surface area contributed by atoms with E-state index in [-0.39, 0.29) is 0 Å². The minimum Gasteiger partial charge on any atom is -0.329 e. The maximum absolute atomic E-state index is 4.35. The molecule has 5 nitrogen and oxygen atoms in total. The van der Waals surface area contributed by atoms with Crippen LogP contribution >= 0.6 is 0 Å². The van der Waals surface area contributed by atoms with Gasteiger partial charge in [-0.15, -0.1) is 0 Å². The molecule has 2 heterocycles. The molecular formula is C12H19N5. The van der Waals surface area contributed by atoms with Crippen molar-refractivity contribution in [2.45, 2.75) is 33.5 Å². The number of hydrogen-bond donors (Lipinski definition) is 1. The van der Waals surface area contributed by atoms with Gasteiger partial charge in [0.1, 0.15) is 5.82 Å². The Morgan fingerprint density at radius 3 is 2.94 bits per heavy atom. The zero-order valence-corrected chi connectivity index (χ0v) is 10.4. The van der Waals surface area contributed by atoms with Crippen molar-refractivity contribution >= 4 is 0 Å². The van der Waals surface area contributed by atoms with Gasteiger partial charge in [-0.2, -0.15) is 5.10 Å². The summed E-state index contributed by atoms with van der Waals surface area (Å²) in [6.07, 6.45) is 7.85. The van der Waals surface area contributed by atoms with Crippen LogP contribution in [-0.2, 0) is 19.6 Å². The van der Waals surface area contributed by atoms with E-state index in [0.29, 0.717) is 0 Å². The monoisotopic (exact) mass is 233 g/mol. The van der Waals surface area contributed by atoms with Crippen LogP contribution in [-0.4, -0.2) is 25.9 Å². The molecular weight excluding hydrogens is 214 g/mol. The fourth-order valence-corrected chi connectivity index (χ4v) is 1.75. The molecule has 0 amide bonds. The van der Waals surface area contributed by atoms with Crippen LogP contribution in [0.15, 0.2) is 24.8 Å². The Kier molecular flexibility index (Phi) is 3.93. The van der Waals surface area contributed by atoms with E-state index in [1.54, 1.807) is 0 Å². The van der Waals surface area contributed by atoms with Crippen molar-refractivity contribution < 1.29 is 0 Å². The first-order valence-electron chi connectivity index (χ1n) is 6.05. The molecule has 0 aliphatic carbocycles. The maximum atomic E-state index is 4.35. The zero-order valence-electron chi connectivity index (χ0n) is 10.4. The lowest BCUT2D eigenvalue weighted by molar-refractivity contribution is 0.637. The molecule has 0 saturated heterocycles. The molecule has 1 N–H and O–H groups in total. The average molecular weight is 233 g/mol. The zero-order chi connectivity index (χ0) is 12.1. The van der Waals surface area contributed by atoms with Crippen LogP contribution in [0.2, 0.25) is 0 Å². The van der Waals surface area contributed by atoms with Crippen molar-refractivity contribution in [1.29, 1.82) is 0 Å². The number of aromatic nitrogens is 4. The lowest BCUT2D eigenvalue weighted by atomic mass is 10.3. The van der Waals surface area contributed by atoms with E-state index in [2.05, 4.69) is 40.0 Å². The van der Waals surface area contributed by atoms with Crippen molar-refractivity contribution in [2.24, 2.45) is 0 Å². The van der Waals surface area contributed by atoms with Crippen molar-refractivity contribution in [3.05, 3.63) is 36.2 Å². The summed E-state index contributed by atoms with van der Waals surface area (Å²) in [5, 5.41) is 7.56. The van der Waals surface area contributed by atoms with E-state index in [1.807, 2.05) is 23.3 Å². The van der Waals surface area contributed by atoms with Gasteiger partial charge < -0.3 is 9.88 Å². The summed E-state index contributed by atoms with van der Waals surface area (Å²) in [6, 6.07) is 0. The van der Waals surface area contributed by atoms with Gasteiger partial charge in [-0.3, -0.25) is 4.68 Å². The Morgan fingerprint density at radius 2 is 2.24 bits per heavy atom. The van der Waals surface area contributed by atoms with Crippen LogP contribution in [0.5, 0.6) is 0 Å². The van der Waals surface area contributed by atoms with Gasteiger partial charge in [0.15, 0.2) is 0 Å². The summed E-state index contributed by atoms with van der Waals surface area (Å²) >= 11 is 0. The molecule has 17 heavy (non-hydrogen) atoms.